The zero-order chi connectivity index (χ0) is 7.40. The maximum atomic E-state index is 10.5. The number of hydrogen-bond donors (Lipinski definition) is 0. The van der Waals surface area contributed by atoms with Gasteiger partial charge in [-0.2, -0.15) is 0 Å². The fraction of sp³-hybridized carbons (Fsp3) is 0.875. The van der Waals surface area contributed by atoms with Crippen LogP contribution in [0.3, 0.4) is 0 Å². The average Bonchev–Trinajstić information content (AvgIpc) is 2.43. The van der Waals surface area contributed by atoms with E-state index in [0.29, 0.717) is 5.92 Å². The zero-order valence-electron chi connectivity index (χ0n) is 6.38. The molecule has 1 fully saturated rings. The van der Waals surface area contributed by atoms with Gasteiger partial charge in [-0.15, -0.1) is 0 Å². The van der Waals surface area contributed by atoms with Crippen LogP contribution in [0.25, 0.3) is 0 Å². The largest absolute Gasteiger partial charge is 0.381 e. The molecule has 2 nitrogen and oxygen atoms in total. The maximum absolute atomic E-state index is 10.5. The van der Waals surface area contributed by atoms with Crippen molar-refractivity contribution in [2.24, 2.45) is 11.8 Å². The van der Waals surface area contributed by atoms with Crippen LogP contribution in [0.1, 0.15) is 19.8 Å². The summed E-state index contributed by atoms with van der Waals surface area (Å²) in [4.78, 5) is 10.5. The molecule has 0 saturated carbocycles. The second-order valence-corrected chi connectivity index (χ2v) is 2.83. The lowest BCUT2D eigenvalue weighted by molar-refractivity contribution is -0.112. The first-order chi connectivity index (χ1) is 4.88. The minimum Gasteiger partial charge on any atom is -0.381 e. The summed E-state index contributed by atoms with van der Waals surface area (Å²) in [5, 5.41) is 0. The molecule has 2 heteroatoms. The van der Waals surface area contributed by atoms with Gasteiger partial charge in [0, 0.05) is 12.5 Å². The summed E-state index contributed by atoms with van der Waals surface area (Å²) in [7, 11) is 0. The fourth-order valence-corrected chi connectivity index (χ4v) is 1.43. The summed E-state index contributed by atoms with van der Waals surface area (Å²) in [6.45, 7) is 3.68. The molecule has 1 heterocycles. The third kappa shape index (κ3) is 1.57. The van der Waals surface area contributed by atoms with Gasteiger partial charge in [0.1, 0.15) is 6.29 Å². The van der Waals surface area contributed by atoms with E-state index in [1.807, 2.05) is 0 Å². The van der Waals surface area contributed by atoms with Crippen molar-refractivity contribution in [2.75, 3.05) is 13.2 Å². The van der Waals surface area contributed by atoms with Crippen molar-refractivity contribution in [3.05, 3.63) is 0 Å². The van der Waals surface area contributed by atoms with E-state index in [9.17, 15) is 4.79 Å². The molecule has 0 aromatic carbocycles. The van der Waals surface area contributed by atoms with Crippen LogP contribution in [0.4, 0.5) is 0 Å². The average molecular weight is 142 g/mol. The summed E-state index contributed by atoms with van der Waals surface area (Å²) in [6, 6.07) is 0. The van der Waals surface area contributed by atoms with E-state index in [2.05, 4.69) is 6.92 Å². The fourth-order valence-electron chi connectivity index (χ4n) is 1.43. The van der Waals surface area contributed by atoms with Gasteiger partial charge < -0.3 is 9.53 Å². The lowest BCUT2D eigenvalue weighted by atomic mass is 9.91. The molecule has 2 atom stereocenters. The Hall–Kier alpha value is -0.370. The van der Waals surface area contributed by atoms with Crippen molar-refractivity contribution in [3.8, 4) is 0 Å². The van der Waals surface area contributed by atoms with Crippen LogP contribution >= 0.6 is 0 Å². The number of ether oxygens (including phenoxy) is 1. The monoisotopic (exact) mass is 142 g/mol. The first kappa shape index (κ1) is 7.73. The standard InChI is InChI=1S/C8H14O2/c1-2-7(5-9)8-3-4-10-6-8/h5,7-8H,2-4,6H2,1H3. The van der Waals surface area contributed by atoms with Gasteiger partial charge in [-0.3, -0.25) is 0 Å². The van der Waals surface area contributed by atoms with Gasteiger partial charge in [-0.1, -0.05) is 6.92 Å². The number of carbonyl (C=O) groups is 1. The van der Waals surface area contributed by atoms with Crippen LogP contribution in [0.15, 0.2) is 0 Å². The smallest absolute Gasteiger partial charge is 0.123 e. The Balaban J connectivity index is 2.36. The Morgan fingerprint density at radius 2 is 2.60 bits per heavy atom. The second kappa shape index (κ2) is 3.71. The van der Waals surface area contributed by atoms with Gasteiger partial charge in [-0.25, -0.2) is 0 Å². The molecule has 2 unspecified atom stereocenters. The van der Waals surface area contributed by atoms with Crippen molar-refractivity contribution in [3.63, 3.8) is 0 Å². The van der Waals surface area contributed by atoms with E-state index in [1.165, 1.54) is 0 Å². The second-order valence-electron chi connectivity index (χ2n) is 2.83. The van der Waals surface area contributed by atoms with Crippen LogP contribution in [-0.2, 0) is 9.53 Å². The van der Waals surface area contributed by atoms with Crippen LogP contribution in [0.2, 0.25) is 0 Å². The van der Waals surface area contributed by atoms with Gasteiger partial charge in [0.05, 0.1) is 6.61 Å². The Kier molecular flexibility index (Phi) is 2.87. The van der Waals surface area contributed by atoms with E-state index in [-0.39, 0.29) is 5.92 Å². The van der Waals surface area contributed by atoms with Gasteiger partial charge in [-0.05, 0) is 18.8 Å². The van der Waals surface area contributed by atoms with Gasteiger partial charge in [0.15, 0.2) is 0 Å². The van der Waals surface area contributed by atoms with Crippen molar-refractivity contribution in [1.82, 2.24) is 0 Å². The summed E-state index contributed by atoms with van der Waals surface area (Å²) in [5.74, 6) is 0.741. The normalized spacial score (nSPS) is 28.3. The van der Waals surface area contributed by atoms with E-state index in [0.717, 1.165) is 32.3 Å². The van der Waals surface area contributed by atoms with Gasteiger partial charge in [0.2, 0.25) is 0 Å². The van der Waals surface area contributed by atoms with Crippen LogP contribution in [0, 0.1) is 11.8 Å². The minimum atomic E-state index is 0.238. The number of aldehydes is 1. The molecule has 1 aliphatic heterocycles. The molecule has 0 aliphatic carbocycles. The number of rotatable bonds is 3. The summed E-state index contributed by atoms with van der Waals surface area (Å²) in [5.41, 5.74) is 0. The molecule has 0 radical (unpaired) electrons. The highest BCUT2D eigenvalue weighted by Crippen LogP contribution is 2.22. The zero-order valence-corrected chi connectivity index (χ0v) is 6.38. The molecule has 0 spiro atoms. The lowest BCUT2D eigenvalue weighted by Crippen LogP contribution is -2.15. The van der Waals surface area contributed by atoms with Crippen molar-refractivity contribution < 1.29 is 9.53 Å². The maximum Gasteiger partial charge on any atom is 0.123 e. The van der Waals surface area contributed by atoms with E-state index < -0.39 is 0 Å². The molecule has 58 valence electrons. The third-order valence-electron chi connectivity index (χ3n) is 2.22. The molecule has 0 aromatic rings. The van der Waals surface area contributed by atoms with Crippen LogP contribution < -0.4 is 0 Å². The Morgan fingerprint density at radius 1 is 1.80 bits per heavy atom. The molecule has 1 aliphatic rings. The summed E-state index contributed by atoms with van der Waals surface area (Å²) >= 11 is 0. The van der Waals surface area contributed by atoms with Crippen molar-refractivity contribution in [1.29, 1.82) is 0 Å². The molecular weight excluding hydrogens is 128 g/mol. The molecule has 0 bridgehead atoms. The Labute approximate surface area is 61.6 Å². The molecule has 10 heavy (non-hydrogen) atoms. The molecule has 0 aromatic heterocycles. The van der Waals surface area contributed by atoms with E-state index in [4.69, 9.17) is 4.74 Å². The SMILES string of the molecule is CCC(C=O)C1CCOC1. The molecule has 0 amide bonds. The molecule has 0 N–H and O–H groups in total. The first-order valence-corrected chi connectivity index (χ1v) is 3.91. The van der Waals surface area contributed by atoms with Crippen molar-refractivity contribution in [2.45, 2.75) is 19.8 Å². The third-order valence-corrected chi connectivity index (χ3v) is 2.22. The summed E-state index contributed by atoms with van der Waals surface area (Å²) in [6.07, 6.45) is 3.09. The predicted molar refractivity (Wildman–Crippen MR) is 38.8 cm³/mol. The van der Waals surface area contributed by atoms with E-state index in [1.54, 1.807) is 0 Å². The lowest BCUT2D eigenvalue weighted by Gasteiger charge is -2.12. The van der Waals surface area contributed by atoms with Crippen LogP contribution in [0.5, 0.6) is 0 Å². The molecular formula is C8H14O2. The highest BCUT2D eigenvalue weighted by molar-refractivity contribution is 5.53. The molecule has 1 saturated heterocycles. The van der Waals surface area contributed by atoms with Gasteiger partial charge >= 0.3 is 0 Å². The first-order valence-electron chi connectivity index (χ1n) is 3.91. The Morgan fingerprint density at radius 3 is 3.00 bits per heavy atom. The number of hydrogen-bond acceptors (Lipinski definition) is 2. The van der Waals surface area contributed by atoms with E-state index >= 15 is 0 Å². The summed E-state index contributed by atoms with van der Waals surface area (Å²) < 4.78 is 5.18. The minimum absolute atomic E-state index is 0.238. The predicted octanol–water partition coefficient (Wildman–Crippen LogP) is 1.25. The number of carbonyl (C=O) groups excluding carboxylic acids is 1. The Bertz CT molecular complexity index is 106. The van der Waals surface area contributed by atoms with Crippen molar-refractivity contribution >= 4 is 6.29 Å². The quantitative estimate of drug-likeness (QED) is 0.554. The highest BCUT2D eigenvalue weighted by atomic mass is 16.5. The molecule has 1 rings (SSSR count). The van der Waals surface area contributed by atoms with Crippen LogP contribution in [-0.4, -0.2) is 19.5 Å². The van der Waals surface area contributed by atoms with Gasteiger partial charge in [0.25, 0.3) is 0 Å². The topological polar surface area (TPSA) is 26.3 Å². The highest BCUT2D eigenvalue weighted by Gasteiger charge is 2.23.